The quantitative estimate of drug-likeness (QED) is 0.539. The molecule has 0 bridgehead atoms. The van der Waals surface area contributed by atoms with Crippen molar-refractivity contribution >= 4 is 5.97 Å². The number of hydrogen-bond acceptors (Lipinski definition) is 3. The van der Waals surface area contributed by atoms with Crippen LogP contribution in [0.4, 0.5) is 0 Å². The van der Waals surface area contributed by atoms with Gasteiger partial charge in [0.1, 0.15) is 0 Å². The Morgan fingerprint density at radius 3 is 2.47 bits per heavy atom. The highest BCUT2D eigenvalue weighted by Crippen LogP contribution is 2.16. The van der Waals surface area contributed by atoms with Gasteiger partial charge >= 0.3 is 5.97 Å². The van der Waals surface area contributed by atoms with E-state index in [1.165, 1.54) is 32.1 Å². The van der Waals surface area contributed by atoms with Crippen molar-refractivity contribution in [3.63, 3.8) is 0 Å². The molecule has 0 aromatic heterocycles. The van der Waals surface area contributed by atoms with Crippen LogP contribution in [0.25, 0.3) is 0 Å². The average Bonchev–Trinajstić information content (AvgIpc) is 2.33. The largest absolute Gasteiger partial charge is 0.481 e. The molecule has 3 N–H and O–H groups in total. The number of carboxylic acids is 1. The number of carbonyl (C=O) groups is 1. The lowest BCUT2D eigenvalue weighted by Crippen LogP contribution is -2.33. The first-order chi connectivity index (χ1) is 8.29. The third-order valence-corrected chi connectivity index (χ3v) is 3.31. The molecule has 4 heteroatoms. The van der Waals surface area contributed by atoms with Crippen LogP contribution < -0.4 is 10.6 Å². The predicted octanol–water partition coefficient (Wildman–Crippen LogP) is 1.75. The van der Waals surface area contributed by atoms with Gasteiger partial charge in [-0.05, 0) is 45.3 Å². The summed E-state index contributed by atoms with van der Waals surface area (Å²) in [7, 11) is 0. The van der Waals surface area contributed by atoms with Crippen LogP contribution in [0.2, 0.25) is 0 Å². The van der Waals surface area contributed by atoms with Crippen molar-refractivity contribution in [3.05, 3.63) is 0 Å². The molecular formula is C13H26N2O2. The minimum Gasteiger partial charge on any atom is -0.481 e. The minimum atomic E-state index is -0.703. The van der Waals surface area contributed by atoms with Crippen molar-refractivity contribution in [2.45, 2.75) is 57.4 Å². The molecule has 1 saturated carbocycles. The molecule has 0 aromatic carbocycles. The zero-order valence-corrected chi connectivity index (χ0v) is 10.7. The van der Waals surface area contributed by atoms with Crippen molar-refractivity contribution in [1.82, 2.24) is 10.6 Å². The summed E-state index contributed by atoms with van der Waals surface area (Å²) >= 11 is 0. The summed E-state index contributed by atoms with van der Waals surface area (Å²) < 4.78 is 0. The van der Waals surface area contributed by atoms with Gasteiger partial charge in [0.25, 0.3) is 0 Å². The fraction of sp³-hybridized carbons (Fsp3) is 0.923. The molecule has 0 radical (unpaired) electrons. The standard InChI is InChI=1S/C13H26N2O2/c16-13(17)8-4-9-14-10-5-11-15-12-6-2-1-3-7-12/h12,14-15H,1-11H2,(H,16,17). The maximum atomic E-state index is 10.3. The molecule has 1 rings (SSSR count). The number of carboxylic acid groups (broad SMARTS) is 1. The number of hydrogen-bond donors (Lipinski definition) is 3. The van der Waals surface area contributed by atoms with Crippen molar-refractivity contribution in [3.8, 4) is 0 Å². The van der Waals surface area contributed by atoms with Gasteiger partial charge in [0, 0.05) is 12.5 Å². The van der Waals surface area contributed by atoms with Gasteiger partial charge in [0.2, 0.25) is 0 Å². The second-order valence-corrected chi connectivity index (χ2v) is 4.89. The highest BCUT2D eigenvalue weighted by atomic mass is 16.4. The summed E-state index contributed by atoms with van der Waals surface area (Å²) in [5.74, 6) is -0.703. The molecular weight excluding hydrogens is 216 g/mol. The van der Waals surface area contributed by atoms with Crippen molar-refractivity contribution in [2.24, 2.45) is 0 Å². The Kier molecular flexibility index (Phi) is 8.01. The zero-order valence-electron chi connectivity index (χ0n) is 10.7. The number of rotatable bonds is 9. The molecule has 0 saturated heterocycles. The van der Waals surface area contributed by atoms with Gasteiger partial charge in [-0.1, -0.05) is 19.3 Å². The predicted molar refractivity (Wildman–Crippen MR) is 69.2 cm³/mol. The second-order valence-electron chi connectivity index (χ2n) is 4.89. The summed E-state index contributed by atoms with van der Waals surface area (Å²) in [6, 6.07) is 0.746. The normalized spacial score (nSPS) is 17.2. The van der Waals surface area contributed by atoms with E-state index in [4.69, 9.17) is 5.11 Å². The van der Waals surface area contributed by atoms with E-state index in [-0.39, 0.29) is 6.42 Å². The van der Waals surface area contributed by atoms with E-state index in [1.807, 2.05) is 0 Å². The Bertz CT molecular complexity index is 204. The van der Waals surface area contributed by atoms with E-state index < -0.39 is 5.97 Å². The van der Waals surface area contributed by atoms with Gasteiger partial charge in [-0.3, -0.25) is 4.79 Å². The van der Waals surface area contributed by atoms with Crippen LogP contribution in [0.5, 0.6) is 0 Å². The molecule has 0 amide bonds. The Labute approximate surface area is 104 Å². The van der Waals surface area contributed by atoms with Crippen molar-refractivity contribution < 1.29 is 9.90 Å². The smallest absolute Gasteiger partial charge is 0.303 e. The molecule has 0 unspecified atom stereocenters. The summed E-state index contributed by atoms with van der Waals surface area (Å²) in [5, 5.41) is 15.3. The Morgan fingerprint density at radius 1 is 1.06 bits per heavy atom. The number of nitrogens with one attached hydrogen (secondary N) is 2. The molecule has 0 aromatic rings. The Morgan fingerprint density at radius 2 is 1.76 bits per heavy atom. The molecule has 17 heavy (non-hydrogen) atoms. The fourth-order valence-corrected chi connectivity index (χ4v) is 2.32. The third kappa shape index (κ3) is 8.16. The van der Waals surface area contributed by atoms with E-state index >= 15 is 0 Å². The average molecular weight is 242 g/mol. The molecule has 4 nitrogen and oxygen atoms in total. The van der Waals surface area contributed by atoms with Crippen LogP contribution in [0.3, 0.4) is 0 Å². The van der Waals surface area contributed by atoms with Crippen LogP contribution in [-0.4, -0.2) is 36.8 Å². The highest BCUT2D eigenvalue weighted by Gasteiger charge is 2.11. The van der Waals surface area contributed by atoms with E-state index in [1.54, 1.807) is 0 Å². The zero-order chi connectivity index (χ0) is 12.3. The molecule has 1 fully saturated rings. The van der Waals surface area contributed by atoms with Crippen LogP contribution in [0.15, 0.2) is 0 Å². The molecule has 0 atom stereocenters. The van der Waals surface area contributed by atoms with Gasteiger partial charge in [0.15, 0.2) is 0 Å². The minimum absolute atomic E-state index is 0.271. The first kappa shape index (κ1) is 14.5. The summed E-state index contributed by atoms with van der Waals surface area (Å²) in [6.45, 7) is 2.88. The van der Waals surface area contributed by atoms with Gasteiger partial charge in [-0.15, -0.1) is 0 Å². The first-order valence-corrected chi connectivity index (χ1v) is 6.95. The van der Waals surface area contributed by atoms with Crippen molar-refractivity contribution in [2.75, 3.05) is 19.6 Å². The van der Waals surface area contributed by atoms with Crippen molar-refractivity contribution in [1.29, 1.82) is 0 Å². The van der Waals surface area contributed by atoms with Crippen LogP contribution in [0.1, 0.15) is 51.4 Å². The first-order valence-electron chi connectivity index (χ1n) is 6.95. The maximum absolute atomic E-state index is 10.3. The highest BCUT2D eigenvalue weighted by molar-refractivity contribution is 5.66. The van der Waals surface area contributed by atoms with Gasteiger partial charge in [-0.2, -0.15) is 0 Å². The molecule has 100 valence electrons. The third-order valence-electron chi connectivity index (χ3n) is 3.31. The maximum Gasteiger partial charge on any atom is 0.303 e. The lowest BCUT2D eigenvalue weighted by atomic mass is 9.95. The fourth-order valence-electron chi connectivity index (χ4n) is 2.32. The summed E-state index contributed by atoms with van der Waals surface area (Å²) in [6.07, 6.45) is 8.97. The van der Waals surface area contributed by atoms with Gasteiger partial charge in [-0.25, -0.2) is 0 Å². The monoisotopic (exact) mass is 242 g/mol. The molecule has 1 aliphatic rings. The lowest BCUT2D eigenvalue weighted by molar-refractivity contribution is -0.137. The molecule has 1 aliphatic carbocycles. The second kappa shape index (κ2) is 9.42. The SMILES string of the molecule is O=C(O)CCCNCCCNC1CCCCC1. The Balaban J connectivity index is 1.79. The molecule has 0 aliphatic heterocycles. The summed E-state index contributed by atoms with van der Waals surface area (Å²) in [5.41, 5.74) is 0. The van der Waals surface area contributed by atoms with E-state index in [9.17, 15) is 4.79 Å². The Hall–Kier alpha value is -0.610. The summed E-state index contributed by atoms with van der Waals surface area (Å²) in [4.78, 5) is 10.3. The molecule has 0 spiro atoms. The topological polar surface area (TPSA) is 61.4 Å². The van der Waals surface area contributed by atoms with Crippen LogP contribution in [0, 0.1) is 0 Å². The molecule has 0 heterocycles. The van der Waals surface area contributed by atoms with Gasteiger partial charge < -0.3 is 15.7 Å². The number of aliphatic carboxylic acids is 1. The van der Waals surface area contributed by atoms with E-state index in [0.29, 0.717) is 0 Å². The van der Waals surface area contributed by atoms with Crippen LogP contribution >= 0.6 is 0 Å². The van der Waals surface area contributed by atoms with Crippen LogP contribution in [-0.2, 0) is 4.79 Å². The van der Waals surface area contributed by atoms with Gasteiger partial charge in [0.05, 0.1) is 0 Å². The van der Waals surface area contributed by atoms with E-state index in [0.717, 1.165) is 38.5 Å². The van der Waals surface area contributed by atoms with E-state index in [2.05, 4.69) is 10.6 Å². The lowest BCUT2D eigenvalue weighted by Gasteiger charge is -2.22.